The van der Waals surface area contributed by atoms with Crippen molar-refractivity contribution in [1.82, 2.24) is 0 Å². The molecule has 1 amide bonds. The molecule has 0 bridgehead atoms. The number of carbonyl (C=O) groups is 2. The van der Waals surface area contributed by atoms with Crippen molar-refractivity contribution in [2.24, 2.45) is 0 Å². The molecule has 0 fully saturated rings. The Morgan fingerprint density at radius 1 is 1.07 bits per heavy atom. The molecular weight excluding hydrogens is 344 g/mol. The smallest absolute Gasteiger partial charge is 0.344 e. The normalized spacial score (nSPS) is 11.4. The maximum atomic E-state index is 12.2. The van der Waals surface area contributed by atoms with E-state index in [9.17, 15) is 9.59 Å². The molecule has 0 aliphatic heterocycles. The van der Waals surface area contributed by atoms with Gasteiger partial charge in [-0.3, -0.25) is 4.79 Å². The lowest BCUT2D eigenvalue weighted by Gasteiger charge is -2.14. The van der Waals surface area contributed by atoms with Crippen LogP contribution in [0.2, 0.25) is 0 Å². The lowest BCUT2D eigenvalue weighted by molar-refractivity contribution is -0.155. The second kappa shape index (κ2) is 9.39. The van der Waals surface area contributed by atoms with Crippen LogP contribution in [0.5, 0.6) is 5.75 Å². The van der Waals surface area contributed by atoms with Gasteiger partial charge in [0.2, 0.25) is 0 Å². The quantitative estimate of drug-likeness (QED) is 0.756. The van der Waals surface area contributed by atoms with E-state index in [0.29, 0.717) is 22.9 Å². The van der Waals surface area contributed by atoms with Gasteiger partial charge in [0.1, 0.15) is 11.8 Å². The van der Waals surface area contributed by atoms with E-state index >= 15 is 0 Å². The number of esters is 1. The van der Waals surface area contributed by atoms with Crippen LogP contribution in [0, 0.1) is 11.3 Å². The number of benzene rings is 2. The summed E-state index contributed by atoms with van der Waals surface area (Å²) in [5.41, 5.74) is 1.87. The molecule has 0 spiro atoms. The van der Waals surface area contributed by atoms with E-state index in [4.69, 9.17) is 14.7 Å². The first-order valence-electron chi connectivity index (χ1n) is 8.63. The van der Waals surface area contributed by atoms with Gasteiger partial charge in [0.15, 0.2) is 12.7 Å². The Morgan fingerprint density at radius 2 is 1.74 bits per heavy atom. The van der Waals surface area contributed by atoms with Crippen LogP contribution in [0.1, 0.15) is 37.8 Å². The van der Waals surface area contributed by atoms with Gasteiger partial charge >= 0.3 is 5.97 Å². The summed E-state index contributed by atoms with van der Waals surface area (Å²) in [5.74, 6) is -0.211. The third-order valence-corrected chi connectivity index (χ3v) is 3.89. The molecule has 2 aromatic carbocycles. The molecule has 2 rings (SSSR count). The summed E-state index contributed by atoms with van der Waals surface area (Å²) in [7, 11) is 0. The van der Waals surface area contributed by atoms with Crippen molar-refractivity contribution in [2.45, 2.75) is 32.8 Å². The number of hydrogen-bond acceptors (Lipinski definition) is 5. The standard InChI is InChI=1S/C21H22N2O4/c1-14(2)16-8-10-18(11-9-16)26-13-20(24)27-15(3)21(25)23-19-7-5-4-6-17(19)12-22/h4-11,14-15H,13H2,1-3H3,(H,23,25)/t15-/m0/s1. The van der Waals surface area contributed by atoms with Gasteiger partial charge in [0, 0.05) is 0 Å². The minimum atomic E-state index is -1.02. The van der Waals surface area contributed by atoms with Crippen molar-refractivity contribution < 1.29 is 19.1 Å². The highest BCUT2D eigenvalue weighted by Gasteiger charge is 2.19. The van der Waals surface area contributed by atoms with E-state index in [1.165, 1.54) is 12.5 Å². The summed E-state index contributed by atoms with van der Waals surface area (Å²) in [6.07, 6.45) is -1.02. The van der Waals surface area contributed by atoms with E-state index in [0.717, 1.165) is 0 Å². The molecule has 1 N–H and O–H groups in total. The Morgan fingerprint density at radius 3 is 2.37 bits per heavy atom. The monoisotopic (exact) mass is 366 g/mol. The summed E-state index contributed by atoms with van der Waals surface area (Å²) in [4.78, 5) is 24.1. The third kappa shape index (κ3) is 5.86. The van der Waals surface area contributed by atoms with Crippen molar-refractivity contribution in [2.75, 3.05) is 11.9 Å². The molecule has 2 aromatic rings. The molecule has 0 saturated carbocycles. The van der Waals surface area contributed by atoms with Crippen LogP contribution in [-0.4, -0.2) is 24.6 Å². The number of carbonyl (C=O) groups excluding carboxylic acids is 2. The van der Waals surface area contributed by atoms with Crippen molar-refractivity contribution in [3.63, 3.8) is 0 Å². The van der Waals surface area contributed by atoms with E-state index in [2.05, 4.69) is 19.2 Å². The van der Waals surface area contributed by atoms with E-state index in [1.54, 1.807) is 36.4 Å². The number of nitriles is 1. The maximum Gasteiger partial charge on any atom is 0.344 e. The third-order valence-electron chi connectivity index (χ3n) is 3.89. The first kappa shape index (κ1) is 20.0. The van der Waals surface area contributed by atoms with Gasteiger partial charge in [-0.05, 0) is 42.7 Å². The molecule has 0 aromatic heterocycles. The number of anilines is 1. The van der Waals surface area contributed by atoms with Crippen molar-refractivity contribution in [1.29, 1.82) is 5.26 Å². The van der Waals surface area contributed by atoms with Crippen molar-refractivity contribution in [3.8, 4) is 11.8 Å². The topological polar surface area (TPSA) is 88.4 Å². The van der Waals surface area contributed by atoms with Crippen LogP contribution in [0.3, 0.4) is 0 Å². The molecule has 6 nitrogen and oxygen atoms in total. The van der Waals surface area contributed by atoms with E-state index in [-0.39, 0.29) is 6.61 Å². The Balaban J connectivity index is 1.84. The number of ether oxygens (including phenoxy) is 2. The highest BCUT2D eigenvalue weighted by molar-refractivity contribution is 5.96. The first-order chi connectivity index (χ1) is 12.9. The van der Waals surface area contributed by atoms with Crippen LogP contribution < -0.4 is 10.1 Å². The zero-order chi connectivity index (χ0) is 19.8. The molecular formula is C21H22N2O4. The van der Waals surface area contributed by atoms with Crippen molar-refractivity contribution >= 4 is 17.6 Å². The molecule has 27 heavy (non-hydrogen) atoms. The molecule has 0 radical (unpaired) electrons. The van der Waals surface area contributed by atoms with Crippen LogP contribution in [0.25, 0.3) is 0 Å². The molecule has 6 heteroatoms. The summed E-state index contributed by atoms with van der Waals surface area (Å²) in [6, 6.07) is 16.0. The zero-order valence-corrected chi connectivity index (χ0v) is 15.6. The fraction of sp³-hybridized carbons (Fsp3) is 0.286. The maximum absolute atomic E-state index is 12.2. The van der Waals surface area contributed by atoms with Crippen LogP contribution in [0.15, 0.2) is 48.5 Å². The SMILES string of the molecule is CC(C)c1ccc(OCC(=O)O[C@@H](C)C(=O)Nc2ccccc2C#N)cc1. The highest BCUT2D eigenvalue weighted by Crippen LogP contribution is 2.18. The fourth-order valence-electron chi connectivity index (χ4n) is 2.30. The minimum absolute atomic E-state index is 0.298. The lowest BCUT2D eigenvalue weighted by atomic mass is 10.0. The van der Waals surface area contributed by atoms with Gasteiger partial charge in [0.05, 0.1) is 11.3 Å². The summed E-state index contributed by atoms with van der Waals surface area (Å²) in [6.45, 7) is 5.34. The molecule has 0 unspecified atom stereocenters. The van der Waals surface area contributed by atoms with Gasteiger partial charge in [0.25, 0.3) is 5.91 Å². The molecule has 0 aliphatic carbocycles. The fourth-order valence-corrected chi connectivity index (χ4v) is 2.30. The van der Waals surface area contributed by atoms with Gasteiger partial charge in [-0.1, -0.05) is 38.1 Å². The molecule has 0 heterocycles. The first-order valence-corrected chi connectivity index (χ1v) is 8.63. The number of amides is 1. The molecule has 0 saturated heterocycles. The van der Waals surface area contributed by atoms with Crippen LogP contribution in [-0.2, 0) is 14.3 Å². The van der Waals surface area contributed by atoms with Crippen LogP contribution in [0.4, 0.5) is 5.69 Å². The lowest BCUT2D eigenvalue weighted by Crippen LogP contribution is -2.31. The minimum Gasteiger partial charge on any atom is -0.482 e. The van der Waals surface area contributed by atoms with E-state index < -0.39 is 18.0 Å². The number of para-hydroxylation sites is 1. The summed E-state index contributed by atoms with van der Waals surface area (Å²) >= 11 is 0. The number of hydrogen-bond donors (Lipinski definition) is 1. The Kier molecular flexibility index (Phi) is 6.95. The zero-order valence-electron chi connectivity index (χ0n) is 15.6. The summed E-state index contributed by atoms with van der Waals surface area (Å²) in [5, 5.41) is 11.6. The van der Waals surface area contributed by atoms with E-state index in [1.807, 2.05) is 18.2 Å². The second-order valence-corrected chi connectivity index (χ2v) is 6.29. The summed E-state index contributed by atoms with van der Waals surface area (Å²) < 4.78 is 10.5. The number of nitrogens with zero attached hydrogens (tertiary/aromatic N) is 1. The average Bonchev–Trinajstić information content (AvgIpc) is 2.67. The second-order valence-electron chi connectivity index (χ2n) is 6.29. The Bertz CT molecular complexity index is 838. The highest BCUT2D eigenvalue weighted by atomic mass is 16.6. The van der Waals surface area contributed by atoms with Gasteiger partial charge < -0.3 is 14.8 Å². The molecule has 0 aliphatic rings. The molecule has 1 atom stereocenters. The predicted molar refractivity (Wildman–Crippen MR) is 101 cm³/mol. The molecule has 140 valence electrons. The van der Waals surface area contributed by atoms with Crippen molar-refractivity contribution in [3.05, 3.63) is 59.7 Å². The number of rotatable bonds is 7. The average molecular weight is 366 g/mol. The predicted octanol–water partition coefficient (Wildman–Crippen LogP) is 3.63. The Labute approximate surface area is 158 Å². The van der Waals surface area contributed by atoms with Gasteiger partial charge in [-0.15, -0.1) is 0 Å². The van der Waals surface area contributed by atoms with Crippen LogP contribution >= 0.6 is 0 Å². The Hall–Kier alpha value is -3.33. The van der Waals surface area contributed by atoms with Gasteiger partial charge in [-0.2, -0.15) is 5.26 Å². The number of nitrogens with one attached hydrogen (secondary N) is 1. The largest absolute Gasteiger partial charge is 0.482 e. The van der Waals surface area contributed by atoms with Gasteiger partial charge in [-0.25, -0.2) is 4.79 Å².